The van der Waals surface area contributed by atoms with Gasteiger partial charge in [0.05, 0.1) is 12.2 Å². The molecule has 0 amide bonds. The summed E-state index contributed by atoms with van der Waals surface area (Å²) in [6.45, 7) is 5.07. The summed E-state index contributed by atoms with van der Waals surface area (Å²) in [5.41, 5.74) is 3.69. The first-order valence-electron chi connectivity index (χ1n) is 8.00. The number of aromatic nitrogens is 2. The van der Waals surface area contributed by atoms with Crippen LogP contribution in [0, 0.1) is 6.92 Å². The molecule has 0 radical (unpaired) electrons. The lowest BCUT2D eigenvalue weighted by atomic mass is 9.89. The van der Waals surface area contributed by atoms with E-state index in [0.29, 0.717) is 5.92 Å². The Kier molecular flexibility index (Phi) is 3.47. The number of rotatable bonds is 3. The second-order valence-corrected chi connectivity index (χ2v) is 6.27. The summed E-state index contributed by atoms with van der Waals surface area (Å²) >= 11 is 0. The van der Waals surface area contributed by atoms with Gasteiger partial charge in [-0.05, 0) is 50.4 Å². The van der Waals surface area contributed by atoms with Crippen LogP contribution in [0.1, 0.15) is 35.8 Å². The van der Waals surface area contributed by atoms with Crippen LogP contribution in [0.3, 0.4) is 0 Å². The van der Waals surface area contributed by atoms with E-state index in [-0.39, 0.29) is 0 Å². The van der Waals surface area contributed by atoms with Crippen molar-refractivity contribution in [3.8, 4) is 0 Å². The number of likely N-dealkylation sites (tertiary alicyclic amines) is 1. The number of aryl methyl sites for hydroxylation is 1. The SMILES string of the molecule is Cc1cc(CN2CCC(c3c[nH]c4ccccc34)CC2)on1. The first-order chi connectivity index (χ1) is 10.8. The first-order valence-corrected chi connectivity index (χ1v) is 8.00. The number of fused-ring (bicyclic) bond motifs is 1. The van der Waals surface area contributed by atoms with Gasteiger partial charge in [-0.2, -0.15) is 0 Å². The molecule has 0 atom stereocenters. The number of para-hydroxylation sites is 1. The van der Waals surface area contributed by atoms with Crippen LogP contribution >= 0.6 is 0 Å². The Hall–Kier alpha value is -2.07. The Balaban J connectivity index is 1.43. The Bertz CT molecular complexity index is 765. The molecule has 4 nitrogen and oxygen atoms in total. The molecule has 1 aliphatic rings. The van der Waals surface area contributed by atoms with Crippen molar-refractivity contribution in [2.45, 2.75) is 32.2 Å². The standard InChI is InChI=1S/C18H21N3O/c1-13-10-15(22-20-13)12-21-8-6-14(7-9-21)17-11-19-18-5-3-2-4-16(17)18/h2-5,10-11,14,19H,6-9,12H2,1H3. The summed E-state index contributed by atoms with van der Waals surface area (Å²) in [6.07, 6.45) is 4.61. The van der Waals surface area contributed by atoms with Crippen LogP contribution in [-0.4, -0.2) is 28.1 Å². The largest absolute Gasteiger partial charge is 0.361 e. The number of piperidine rings is 1. The van der Waals surface area contributed by atoms with Crippen molar-refractivity contribution in [1.29, 1.82) is 0 Å². The fraction of sp³-hybridized carbons (Fsp3) is 0.389. The van der Waals surface area contributed by atoms with Crippen LogP contribution in [0.25, 0.3) is 10.9 Å². The van der Waals surface area contributed by atoms with E-state index in [0.717, 1.165) is 31.1 Å². The third kappa shape index (κ3) is 2.55. The second kappa shape index (κ2) is 5.61. The van der Waals surface area contributed by atoms with Crippen molar-refractivity contribution in [2.24, 2.45) is 0 Å². The molecule has 3 heterocycles. The molecule has 0 aliphatic carbocycles. The molecule has 22 heavy (non-hydrogen) atoms. The average Bonchev–Trinajstić information content (AvgIpc) is 3.14. The van der Waals surface area contributed by atoms with Gasteiger partial charge >= 0.3 is 0 Å². The van der Waals surface area contributed by atoms with E-state index in [1.807, 2.05) is 13.0 Å². The number of hydrogen-bond acceptors (Lipinski definition) is 3. The molecule has 0 bridgehead atoms. The predicted molar refractivity (Wildman–Crippen MR) is 86.8 cm³/mol. The van der Waals surface area contributed by atoms with Crippen LogP contribution in [0.5, 0.6) is 0 Å². The summed E-state index contributed by atoms with van der Waals surface area (Å²) < 4.78 is 5.33. The lowest BCUT2D eigenvalue weighted by molar-refractivity contribution is 0.184. The van der Waals surface area contributed by atoms with Crippen molar-refractivity contribution < 1.29 is 4.52 Å². The molecular formula is C18H21N3O. The normalized spacial score (nSPS) is 17.3. The van der Waals surface area contributed by atoms with E-state index in [1.165, 1.54) is 29.3 Å². The summed E-state index contributed by atoms with van der Waals surface area (Å²) in [4.78, 5) is 5.87. The Morgan fingerprint density at radius 1 is 1.27 bits per heavy atom. The van der Waals surface area contributed by atoms with Crippen LogP contribution in [0.2, 0.25) is 0 Å². The zero-order chi connectivity index (χ0) is 14.9. The minimum Gasteiger partial charge on any atom is -0.361 e. The zero-order valence-electron chi connectivity index (χ0n) is 12.9. The van der Waals surface area contributed by atoms with Crippen LogP contribution in [0.15, 0.2) is 41.1 Å². The predicted octanol–water partition coefficient (Wildman–Crippen LogP) is 3.84. The number of aromatic amines is 1. The minimum absolute atomic E-state index is 0.656. The molecule has 1 aliphatic heterocycles. The summed E-state index contributed by atoms with van der Waals surface area (Å²) in [5, 5.41) is 5.35. The van der Waals surface area contributed by atoms with Gasteiger partial charge < -0.3 is 9.51 Å². The van der Waals surface area contributed by atoms with E-state index < -0.39 is 0 Å². The van der Waals surface area contributed by atoms with Gasteiger partial charge in [-0.1, -0.05) is 23.4 Å². The van der Waals surface area contributed by atoms with Crippen molar-refractivity contribution >= 4 is 10.9 Å². The molecule has 1 saturated heterocycles. The summed E-state index contributed by atoms with van der Waals surface area (Å²) in [5.74, 6) is 1.63. The number of H-pyrrole nitrogens is 1. The number of nitrogens with zero attached hydrogens (tertiary/aromatic N) is 2. The first kappa shape index (κ1) is 13.6. The number of nitrogens with one attached hydrogen (secondary N) is 1. The highest BCUT2D eigenvalue weighted by Crippen LogP contribution is 2.33. The van der Waals surface area contributed by atoms with Gasteiger partial charge in [0.1, 0.15) is 0 Å². The van der Waals surface area contributed by atoms with Crippen molar-refractivity contribution in [2.75, 3.05) is 13.1 Å². The van der Waals surface area contributed by atoms with Gasteiger partial charge in [-0.3, -0.25) is 4.90 Å². The quantitative estimate of drug-likeness (QED) is 0.798. The molecule has 4 rings (SSSR count). The molecule has 1 N–H and O–H groups in total. The molecule has 0 saturated carbocycles. The third-order valence-electron chi connectivity index (χ3n) is 4.70. The number of hydrogen-bond donors (Lipinski definition) is 1. The molecule has 4 heteroatoms. The maximum Gasteiger partial charge on any atom is 0.150 e. The fourth-order valence-corrected chi connectivity index (χ4v) is 3.55. The molecule has 0 unspecified atom stereocenters. The highest BCUT2D eigenvalue weighted by Gasteiger charge is 2.23. The highest BCUT2D eigenvalue weighted by atomic mass is 16.5. The lowest BCUT2D eigenvalue weighted by Crippen LogP contribution is -2.32. The Labute approximate surface area is 130 Å². The van der Waals surface area contributed by atoms with Crippen molar-refractivity contribution in [3.63, 3.8) is 0 Å². The zero-order valence-corrected chi connectivity index (χ0v) is 12.9. The maximum atomic E-state index is 5.33. The minimum atomic E-state index is 0.656. The molecule has 0 spiro atoms. The van der Waals surface area contributed by atoms with Crippen molar-refractivity contribution in [1.82, 2.24) is 15.0 Å². The van der Waals surface area contributed by atoms with E-state index in [1.54, 1.807) is 0 Å². The maximum absolute atomic E-state index is 5.33. The molecule has 1 fully saturated rings. The average molecular weight is 295 g/mol. The van der Waals surface area contributed by atoms with E-state index in [4.69, 9.17) is 4.52 Å². The van der Waals surface area contributed by atoms with Crippen LogP contribution in [-0.2, 0) is 6.54 Å². The van der Waals surface area contributed by atoms with Gasteiger partial charge in [0.15, 0.2) is 5.76 Å². The number of benzene rings is 1. The van der Waals surface area contributed by atoms with Gasteiger partial charge in [0.2, 0.25) is 0 Å². The van der Waals surface area contributed by atoms with Crippen LogP contribution < -0.4 is 0 Å². The highest BCUT2D eigenvalue weighted by molar-refractivity contribution is 5.83. The van der Waals surface area contributed by atoms with Crippen LogP contribution in [0.4, 0.5) is 0 Å². The Morgan fingerprint density at radius 3 is 2.86 bits per heavy atom. The van der Waals surface area contributed by atoms with Crippen molar-refractivity contribution in [3.05, 3.63) is 53.5 Å². The van der Waals surface area contributed by atoms with Gasteiger partial charge in [-0.25, -0.2) is 0 Å². The topological polar surface area (TPSA) is 45.1 Å². The summed E-state index contributed by atoms with van der Waals surface area (Å²) in [7, 11) is 0. The van der Waals surface area contributed by atoms with Gasteiger partial charge in [-0.15, -0.1) is 0 Å². The van der Waals surface area contributed by atoms with Gasteiger partial charge in [0.25, 0.3) is 0 Å². The summed E-state index contributed by atoms with van der Waals surface area (Å²) in [6, 6.07) is 10.6. The lowest BCUT2D eigenvalue weighted by Gasteiger charge is -2.31. The molecule has 1 aromatic carbocycles. The van der Waals surface area contributed by atoms with E-state index >= 15 is 0 Å². The van der Waals surface area contributed by atoms with E-state index in [2.05, 4.69) is 45.5 Å². The smallest absolute Gasteiger partial charge is 0.150 e. The third-order valence-corrected chi connectivity index (χ3v) is 4.70. The fourth-order valence-electron chi connectivity index (χ4n) is 3.55. The molecule has 114 valence electrons. The monoisotopic (exact) mass is 295 g/mol. The Morgan fingerprint density at radius 2 is 2.09 bits per heavy atom. The van der Waals surface area contributed by atoms with E-state index in [9.17, 15) is 0 Å². The molecule has 3 aromatic rings. The molecular weight excluding hydrogens is 274 g/mol. The van der Waals surface area contributed by atoms with Gasteiger partial charge in [0, 0.05) is 23.2 Å². The second-order valence-electron chi connectivity index (χ2n) is 6.27. The molecule has 2 aromatic heterocycles.